The monoisotopic (exact) mass is 328 g/mol. The molecule has 0 unspecified atom stereocenters. The summed E-state index contributed by atoms with van der Waals surface area (Å²) < 4.78 is 0. The van der Waals surface area contributed by atoms with Gasteiger partial charge in [-0.1, -0.05) is 40.9 Å². The van der Waals surface area contributed by atoms with Crippen LogP contribution >= 0.6 is 34.8 Å². The Balaban J connectivity index is 2.15. The van der Waals surface area contributed by atoms with Crippen molar-refractivity contribution in [2.75, 3.05) is 7.05 Å². The number of pyridine rings is 1. The molecule has 0 aliphatic heterocycles. The minimum atomic E-state index is -0.200. The number of aromatic nitrogens is 1. The van der Waals surface area contributed by atoms with Crippen molar-refractivity contribution in [2.24, 2.45) is 0 Å². The van der Waals surface area contributed by atoms with Gasteiger partial charge in [0.15, 0.2) is 0 Å². The Labute approximate surface area is 132 Å². The minimum Gasteiger partial charge on any atom is -0.337 e. The van der Waals surface area contributed by atoms with Crippen LogP contribution in [0.3, 0.4) is 0 Å². The lowest BCUT2D eigenvalue weighted by molar-refractivity contribution is 0.0785. The highest BCUT2D eigenvalue weighted by atomic mass is 35.5. The smallest absolute Gasteiger partial charge is 0.256 e. The molecule has 0 spiro atoms. The molecule has 6 heteroatoms. The number of carbonyl (C=O) groups excluding carboxylic acids is 1. The van der Waals surface area contributed by atoms with Crippen LogP contribution in [-0.4, -0.2) is 22.8 Å². The number of hydrogen-bond donors (Lipinski definition) is 0. The molecule has 0 aliphatic rings. The van der Waals surface area contributed by atoms with E-state index in [-0.39, 0.29) is 5.91 Å². The Bertz CT molecular complexity index is 646. The van der Waals surface area contributed by atoms with E-state index in [2.05, 4.69) is 4.98 Å². The van der Waals surface area contributed by atoms with E-state index in [9.17, 15) is 4.79 Å². The van der Waals surface area contributed by atoms with Gasteiger partial charge in [0, 0.05) is 26.0 Å². The summed E-state index contributed by atoms with van der Waals surface area (Å²) in [6.07, 6.45) is 2.99. The third-order valence-corrected chi connectivity index (χ3v) is 3.82. The average molecular weight is 330 g/mol. The van der Waals surface area contributed by atoms with Crippen molar-refractivity contribution >= 4 is 40.7 Å². The molecule has 1 aromatic carbocycles. The molecule has 0 atom stereocenters. The van der Waals surface area contributed by atoms with Crippen LogP contribution in [0.1, 0.15) is 15.9 Å². The number of halogens is 3. The highest BCUT2D eigenvalue weighted by molar-refractivity contribution is 6.42. The molecule has 1 amide bonds. The first-order valence-electron chi connectivity index (χ1n) is 5.78. The number of rotatable bonds is 3. The molecule has 104 valence electrons. The van der Waals surface area contributed by atoms with Crippen molar-refractivity contribution in [3.8, 4) is 0 Å². The van der Waals surface area contributed by atoms with Crippen molar-refractivity contribution in [3.05, 3.63) is 62.9 Å². The van der Waals surface area contributed by atoms with Crippen LogP contribution in [0, 0.1) is 0 Å². The maximum absolute atomic E-state index is 12.3. The summed E-state index contributed by atoms with van der Waals surface area (Å²) in [5.41, 5.74) is 1.26. The van der Waals surface area contributed by atoms with Gasteiger partial charge in [-0.2, -0.15) is 0 Å². The van der Waals surface area contributed by atoms with Crippen molar-refractivity contribution in [3.63, 3.8) is 0 Å². The van der Waals surface area contributed by atoms with Crippen LogP contribution in [0.25, 0.3) is 0 Å². The number of benzene rings is 1. The highest BCUT2D eigenvalue weighted by Gasteiger charge is 2.15. The lowest BCUT2D eigenvalue weighted by Crippen LogP contribution is -2.26. The van der Waals surface area contributed by atoms with Gasteiger partial charge in [0.1, 0.15) is 0 Å². The van der Waals surface area contributed by atoms with E-state index >= 15 is 0 Å². The quantitative estimate of drug-likeness (QED) is 0.840. The second-order valence-electron chi connectivity index (χ2n) is 4.27. The molecule has 0 saturated carbocycles. The standard InChI is InChI=1S/C14H11Cl3N2O/c1-19(8-9-2-3-12(16)13(17)6-9)14(20)10-7-18-5-4-11(10)15/h2-7H,8H2,1H3. The van der Waals surface area contributed by atoms with Gasteiger partial charge >= 0.3 is 0 Å². The fraction of sp³-hybridized carbons (Fsp3) is 0.143. The third-order valence-electron chi connectivity index (χ3n) is 2.75. The normalized spacial score (nSPS) is 10.4. The first kappa shape index (κ1) is 15.1. The van der Waals surface area contributed by atoms with E-state index in [1.807, 2.05) is 6.07 Å². The predicted octanol–water partition coefficient (Wildman–Crippen LogP) is 4.31. The van der Waals surface area contributed by atoms with Gasteiger partial charge in [0.2, 0.25) is 0 Å². The second-order valence-corrected chi connectivity index (χ2v) is 5.49. The van der Waals surface area contributed by atoms with E-state index in [4.69, 9.17) is 34.8 Å². The van der Waals surface area contributed by atoms with Crippen LogP contribution < -0.4 is 0 Å². The Morgan fingerprint density at radius 3 is 2.55 bits per heavy atom. The summed E-state index contributed by atoms with van der Waals surface area (Å²) in [5.74, 6) is -0.200. The van der Waals surface area contributed by atoms with Gasteiger partial charge in [-0.3, -0.25) is 9.78 Å². The zero-order valence-electron chi connectivity index (χ0n) is 10.6. The lowest BCUT2D eigenvalue weighted by atomic mass is 10.2. The van der Waals surface area contributed by atoms with Crippen molar-refractivity contribution < 1.29 is 4.79 Å². The van der Waals surface area contributed by atoms with Gasteiger partial charge in [-0.05, 0) is 23.8 Å². The predicted molar refractivity (Wildman–Crippen MR) is 81.5 cm³/mol. The second kappa shape index (κ2) is 6.44. The molecule has 0 N–H and O–H groups in total. The van der Waals surface area contributed by atoms with E-state index < -0.39 is 0 Å². The van der Waals surface area contributed by atoms with E-state index in [1.54, 1.807) is 30.1 Å². The van der Waals surface area contributed by atoms with Crippen molar-refractivity contribution in [2.45, 2.75) is 6.54 Å². The molecular formula is C14H11Cl3N2O. The first-order chi connectivity index (χ1) is 9.49. The summed E-state index contributed by atoms with van der Waals surface area (Å²) in [7, 11) is 1.69. The minimum absolute atomic E-state index is 0.200. The Kier molecular flexibility index (Phi) is 4.86. The zero-order chi connectivity index (χ0) is 14.7. The fourth-order valence-corrected chi connectivity index (χ4v) is 2.23. The lowest BCUT2D eigenvalue weighted by Gasteiger charge is -2.18. The maximum Gasteiger partial charge on any atom is 0.256 e. The molecule has 1 heterocycles. The zero-order valence-corrected chi connectivity index (χ0v) is 12.9. The molecule has 0 saturated heterocycles. The SMILES string of the molecule is CN(Cc1ccc(Cl)c(Cl)c1)C(=O)c1cnccc1Cl. The van der Waals surface area contributed by atoms with Crippen LogP contribution in [0.2, 0.25) is 15.1 Å². The molecule has 2 aromatic rings. The largest absolute Gasteiger partial charge is 0.337 e. The fourth-order valence-electron chi connectivity index (χ4n) is 1.72. The third kappa shape index (κ3) is 3.42. The number of nitrogens with zero attached hydrogens (tertiary/aromatic N) is 2. The van der Waals surface area contributed by atoms with Crippen molar-refractivity contribution in [1.82, 2.24) is 9.88 Å². The summed E-state index contributed by atoms with van der Waals surface area (Å²) >= 11 is 17.8. The molecule has 2 rings (SSSR count). The highest BCUT2D eigenvalue weighted by Crippen LogP contribution is 2.23. The number of amides is 1. The number of carbonyl (C=O) groups is 1. The van der Waals surface area contributed by atoms with Gasteiger partial charge in [-0.15, -0.1) is 0 Å². The Morgan fingerprint density at radius 1 is 1.15 bits per heavy atom. The van der Waals surface area contributed by atoms with Crippen molar-refractivity contribution in [1.29, 1.82) is 0 Å². The van der Waals surface area contributed by atoms with Crippen LogP contribution in [0.4, 0.5) is 0 Å². The van der Waals surface area contributed by atoms with Gasteiger partial charge in [0.25, 0.3) is 5.91 Å². The molecule has 1 aromatic heterocycles. The van der Waals surface area contributed by atoms with Gasteiger partial charge < -0.3 is 4.90 Å². The molecule has 3 nitrogen and oxygen atoms in total. The summed E-state index contributed by atoms with van der Waals surface area (Å²) in [6, 6.07) is 6.84. The molecular weight excluding hydrogens is 319 g/mol. The Hall–Kier alpha value is -1.29. The van der Waals surface area contributed by atoms with Gasteiger partial charge in [0.05, 0.1) is 20.6 Å². The first-order valence-corrected chi connectivity index (χ1v) is 6.91. The van der Waals surface area contributed by atoms with Crippen LogP contribution in [0.5, 0.6) is 0 Å². The molecule has 20 heavy (non-hydrogen) atoms. The van der Waals surface area contributed by atoms with Gasteiger partial charge in [-0.25, -0.2) is 0 Å². The molecule has 0 aliphatic carbocycles. The molecule has 0 fully saturated rings. The van der Waals surface area contributed by atoms with Crippen LogP contribution in [0.15, 0.2) is 36.7 Å². The average Bonchev–Trinajstić information content (AvgIpc) is 2.42. The summed E-state index contributed by atoms with van der Waals surface area (Å²) in [5, 5.41) is 1.33. The topological polar surface area (TPSA) is 33.2 Å². The maximum atomic E-state index is 12.3. The van der Waals surface area contributed by atoms with E-state index in [0.29, 0.717) is 27.2 Å². The van der Waals surface area contributed by atoms with E-state index in [0.717, 1.165) is 5.56 Å². The number of hydrogen-bond acceptors (Lipinski definition) is 2. The van der Waals surface area contributed by atoms with Crippen LogP contribution in [-0.2, 0) is 6.54 Å². The molecule has 0 bridgehead atoms. The summed E-state index contributed by atoms with van der Waals surface area (Å²) in [6.45, 7) is 0.404. The summed E-state index contributed by atoms with van der Waals surface area (Å²) in [4.78, 5) is 17.7. The Morgan fingerprint density at radius 2 is 1.90 bits per heavy atom. The van der Waals surface area contributed by atoms with E-state index in [1.165, 1.54) is 12.4 Å². The molecule has 0 radical (unpaired) electrons.